The van der Waals surface area contributed by atoms with Crippen molar-refractivity contribution in [1.82, 2.24) is 5.32 Å². The van der Waals surface area contributed by atoms with Crippen LogP contribution in [0.1, 0.15) is 45.2 Å². The zero-order valence-corrected chi connectivity index (χ0v) is 11.9. The van der Waals surface area contributed by atoms with Gasteiger partial charge in [-0.25, -0.2) is 4.79 Å². The number of nitrogens with one attached hydrogen (secondary N) is 1. The van der Waals surface area contributed by atoms with E-state index in [1.165, 1.54) is 0 Å². The average molecular weight is 264 g/mol. The first-order valence-corrected chi connectivity index (χ1v) is 6.60. The van der Waals surface area contributed by atoms with E-state index in [-0.39, 0.29) is 17.5 Å². The molecule has 0 bridgehead atoms. The largest absolute Gasteiger partial charge is 0.465 e. The Morgan fingerprint density at radius 3 is 2.32 bits per heavy atom. The molecule has 0 aromatic heterocycles. The molecule has 0 heterocycles. The van der Waals surface area contributed by atoms with Crippen molar-refractivity contribution in [1.29, 1.82) is 0 Å². The van der Waals surface area contributed by atoms with E-state index in [2.05, 4.69) is 5.32 Å². The summed E-state index contributed by atoms with van der Waals surface area (Å²) in [5, 5.41) is 11.5. The Bertz CT molecular complexity index is 398. The Balaban J connectivity index is 2.59. The Kier molecular flexibility index (Phi) is 5.36. The topological polar surface area (TPSA) is 75.3 Å². The molecular weight excluding hydrogens is 240 g/mol. The number of hydrogen-bond donors (Lipinski definition) is 3. The van der Waals surface area contributed by atoms with Crippen LogP contribution >= 0.6 is 0 Å². The van der Waals surface area contributed by atoms with Gasteiger partial charge in [-0.3, -0.25) is 0 Å². The van der Waals surface area contributed by atoms with Gasteiger partial charge in [0.05, 0.1) is 0 Å². The molecule has 0 radical (unpaired) electrons. The molecule has 0 aliphatic heterocycles. The molecule has 0 saturated carbocycles. The van der Waals surface area contributed by atoms with Crippen molar-refractivity contribution in [2.75, 3.05) is 0 Å². The zero-order valence-electron chi connectivity index (χ0n) is 11.9. The van der Waals surface area contributed by atoms with Crippen molar-refractivity contribution >= 4 is 6.09 Å². The Morgan fingerprint density at radius 2 is 1.84 bits per heavy atom. The van der Waals surface area contributed by atoms with Crippen LogP contribution in [0.2, 0.25) is 0 Å². The molecule has 4 N–H and O–H groups in total. The predicted octanol–water partition coefficient (Wildman–Crippen LogP) is 3.15. The van der Waals surface area contributed by atoms with Crippen LogP contribution in [0, 0.1) is 5.41 Å². The molecule has 1 amide bonds. The number of carbonyl (C=O) groups is 1. The Labute approximate surface area is 115 Å². The first-order chi connectivity index (χ1) is 8.80. The van der Waals surface area contributed by atoms with Crippen molar-refractivity contribution in [3.05, 3.63) is 35.9 Å². The van der Waals surface area contributed by atoms with Crippen molar-refractivity contribution in [3.8, 4) is 0 Å². The maximum Gasteiger partial charge on any atom is 0.404 e. The fourth-order valence-electron chi connectivity index (χ4n) is 2.08. The Morgan fingerprint density at radius 1 is 1.26 bits per heavy atom. The third kappa shape index (κ3) is 5.30. The summed E-state index contributed by atoms with van der Waals surface area (Å²) in [6.45, 7) is 6.09. The van der Waals surface area contributed by atoms with Gasteiger partial charge in [-0.15, -0.1) is 0 Å². The lowest BCUT2D eigenvalue weighted by Gasteiger charge is -2.31. The highest BCUT2D eigenvalue weighted by Gasteiger charge is 2.26. The molecule has 1 aromatic carbocycles. The smallest absolute Gasteiger partial charge is 0.404 e. The van der Waals surface area contributed by atoms with Gasteiger partial charge in [0.2, 0.25) is 0 Å². The fourth-order valence-corrected chi connectivity index (χ4v) is 2.08. The zero-order chi connectivity index (χ0) is 14.5. The van der Waals surface area contributed by atoms with Crippen LogP contribution < -0.4 is 11.1 Å². The van der Waals surface area contributed by atoms with Crippen molar-refractivity contribution in [3.63, 3.8) is 0 Å². The highest BCUT2D eigenvalue weighted by Crippen LogP contribution is 2.26. The molecule has 1 aromatic rings. The minimum Gasteiger partial charge on any atom is -0.465 e. The summed E-state index contributed by atoms with van der Waals surface area (Å²) in [6.07, 6.45) is 0.506. The fraction of sp³-hybridized carbons (Fsp3) is 0.533. The van der Waals surface area contributed by atoms with Gasteiger partial charge in [0.1, 0.15) is 0 Å². The summed E-state index contributed by atoms with van der Waals surface area (Å²) < 4.78 is 0. The van der Waals surface area contributed by atoms with Crippen molar-refractivity contribution < 1.29 is 9.90 Å². The molecule has 4 nitrogen and oxygen atoms in total. The van der Waals surface area contributed by atoms with Gasteiger partial charge in [0, 0.05) is 12.1 Å². The summed E-state index contributed by atoms with van der Waals surface area (Å²) in [6, 6.07) is 9.74. The summed E-state index contributed by atoms with van der Waals surface area (Å²) in [7, 11) is 0. The standard InChI is InChI=1S/C15H24N2O2/c1-15(2,3)13(17-14(18)19)10-9-12(16)11-7-5-4-6-8-11/h4-8,12-13,17H,9-10,16H2,1-3H3,(H,18,19). The maximum atomic E-state index is 10.8. The van der Waals surface area contributed by atoms with Crippen LogP contribution in [0.4, 0.5) is 4.79 Å². The van der Waals surface area contributed by atoms with E-state index >= 15 is 0 Å². The van der Waals surface area contributed by atoms with Crippen LogP contribution in [0.15, 0.2) is 30.3 Å². The van der Waals surface area contributed by atoms with Gasteiger partial charge < -0.3 is 16.2 Å². The monoisotopic (exact) mass is 264 g/mol. The first-order valence-electron chi connectivity index (χ1n) is 6.60. The quantitative estimate of drug-likeness (QED) is 0.764. The van der Waals surface area contributed by atoms with Gasteiger partial charge in [-0.05, 0) is 23.8 Å². The molecule has 0 spiro atoms. The van der Waals surface area contributed by atoms with Gasteiger partial charge in [0.15, 0.2) is 0 Å². The van der Waals surface area contributed by atoms with E-state index in [4.69, 9.17) is 10.8 Å². The molecule has 2 atom stereocenters. The number of hydrogen-bond acceptors (Lipinski definition) is 2. The van der Waals surface area contributed by atoms with Crippen LogP contribution in [0.5, 0.6) is 0 Å². The highest BCUT2D eigenvalue weighted by molar-refractivity contribution is 5.64. The number of rotatable bonds is 5. The van der Waals surface area contributed by atoms with Crippen LogP contribution in [0.25, 0.3) is 0 Å². The predicted molar refractivity (Wildman–Crippen MR) is 77.0 cm³/mol. The lowest BCUT2D eigenvalue weighted by Crippen LogP contribution is -2.43. The van der Waals surface area contributed by atoms with E-state index in [1.807, 2.05) is 51.1 Å². The number of carboxylic acid groups (broad SMARTS) is 1. The normalized spacial score (nSPS) is 14.7. The van der Waals surface area contributed by atoms with Gasteiger partial charge >= 0.3 is 6.09 Å². The van der Waals surface area contributed by atoms with Crippen LogP contribution in [0.3, 0.4) is 0 Å². The van der Waals surface area contributed by atoms with Gasteiger partial charge in [0.25, 0.3) is 0 Å². The Hall–Kier alpha value is -1.55. The third-order valence-corrected chi connectivity index (χ3v) is 3.34. The number of nitrogens with two attached hydrogens (primary N) is 1. The van der Waals surface area contributed by atoms with Crippen molar-refractivity contribution in [2.24, 2.45) is 11.1 Å². The highest BCUT2D eigenvalue weighted by atomic mass is 16.4. The molecule has 0 aliphatic rings. The molecule has 0 fully saturated rings. The van der Waals surface area contributed by atoms with Gasteiger partial charge in [-0.1, -0.05) is 51.1 Å². The molecule has 19 heavy (non-hydrogen) atoms. The second-order valence-corrected chi connectivity index (χ2v) is 5.96. The number of benzene rings is 1. The maximum absolute atomic E-state index is 10.8. The van der Waals surface area contributed by atoms with E-state index < -0.39 is 6.09 Å². The molecule has 2 unspecified atom stereocenters. The lowest BCUT2D eigenvalue weighted by molar-refractivity contribution is 0.170. The second kappa shape index (κ2) is 6.57. The molecule has 4 heteroatoms. The molecule has 0 saturated heterocycles. The third-order valence-electron chi connectivity index (χ3n) is 3.34. The van der Waals surface area contributed by atoms with E-state index in [0.717, 1.165) is 18.4 Å². The molecule has 1 rings (SSSR count). The second-order valence-electron chi connectivity index (χ2n) is 5.96. The minimum atomic E-state index is -0.979. The van der Waals surface area contributed by atoms with Crippen LogP contribution in [-0.2, 0) is 0 Å². The summed E-state index contributed by atoms with van der Waals surface area (Å²) >= 11 is 0. The van der Waals surface area contributed by atoms with Crippen LogP contribution in [-0.4, -0.2) is 17.2 Å². The summed E-state index contributed by atoms with van der Waals surface area (Å²) in [5.74, 6) is 0. The first kappa shape index (κ1) is 15.5. The average Bonchev–Trinajstić information content (AvgIpc) is 2.33. The van der Waals surface area contributed by atoms with E-state index in [1.54, 1.807) is 0 Å². The van der Waals surface area contributed by atoms with E-state index in [9.17, 15) is 4.79 Å². The lowest BCUT2D eigenvalue weighted by atomic mass is 9.83. The summed E-state index contributed by atoms with van der Waals surface area (Å²) in [4.78, 5) is 10.8. The molecular formula is C15H24N2O2. The number of amides is 1. The summed E-state index contributed by atoms with van der Waals surface area (Å²) in [5.41, 5.74) is 7.11. The SMILES string of the molecule is CC(C)(C)C(CCC(N)c1ccccc1)NC(=O)O. The molecule has 106 valence electrons. The van der Waals surface area contributed by atoms with Crippen molar-refractivity contribution in [2.45, 2.75) is 45.7 Å². The minimum absolute atomic E-state index is 0.0540. The van der Waals surface area contributed by atoms with Gasteiger partial charge in [-0.2, -0.15) is 0 Å². The molecule has 0 aliphatic carbocycles. The van der Waals surface area contributed by atoms with E-state index in [0.29, 0.717) is 0 Å².